The van der Waals surface area contributed by atoms with Gasteiger partial charge in [-0.2, -0.15) is 0 Å². The predicted molar refractivity (Wildman–Crippen MR) is 234 cm³/mol. The van der Waals surface area contributed by atoms with Gasteiger partial charge in [0.2, 0.25) is 5.91 Å². The van der Waals surface area contributed by atoms with Gasteiger partial charge >= 0.3 is 11.9 Å². The molecule has 60 heavy (non-hydrogen) atoms. The minimum absolute atomic E-state index is 0.0213. The summed E-state index contributed by atoms with van der Waals surface area (Å²) in [6.45, 7) is 26.2. The smallest absolute Gasteiger partial charge is 0.309 e. The van der Waals surface area contributed by atoms with E-state index >= 15 is 4.79 Å². The first-order chi connectivity index (χ1) is 28.2. The highest BCUT2D eigenvalue weighted by molar-refractivity contribution is 5.85. The molecular weight excluding hydrogens is 747 g/mol. The van der Waals surface area contributed by atoms with Crippen molar-refractivity contribution in [2.24, 2.45) is 73.9 Å². The number of aryl methyl sites for hydroxylation is 1. The molecule has 1 aromatic heterocycles. The number of carbonyl (C=O) groups excluding carboxylic acids is 2. The fraction of sp³-hybridized carbons (Fsp3) is 0.731. The largest absolute Gasteiger partial charge is 0.481 e. The van der Waals surface area contributed by atoms with Crippen molar-refractivity contribution in [1.29, 1.82) is 0 Å². The minimum atomic E-state index is -0.817. The number of imidazole rings is 1. The number of carboxylic acid groups (broad SMARTS) is 1. The third-order valence-electron chi connectivity index (χ3n) is 20.3. The van der Waals surface area contributed by atoms with Crippen LogP contribution in [0.3, 0.4) is 0 Å². The number of nitrogens with zero attached hydrogens (tertiary/aromatic N) is 2. The fourth-order valence-electron chi connectivity index (χ4n) is 16.6. The molecule has 4 unspecified atom stereocenters. The summed E-state index contributed by atoms with van der Waals surface area (Å²) in [5, 5.41) is 9.71. The molecule has 0 bridgehead atoms. The zero-order valence-electron chi connectivity index (χ0n) is 38.2. The number of fused-ring (bicyclic) bond motifs is 7. The van der Waals surface area contributed by atoms with Crippen molar-refractivity contribution in [2.75, 3.05) is 6.54 Å². The Morgan fingerprint density at radius 3 is 2.25 bits per heavy atom. The van der Waals surface area contributed by atoms with E-state index in [1.807, 2.05) is 20.0 Å². The van der Waals surface area contributed by atoms with Crippen LogP contribution in [0.4, 0.5) is 0 Å². The number of esters is 1. The summed E-state index contributed by atoms with van der Waals surface area (Å²) in [4.78, 5) is 51.9. The molecule has 1 amide bonds. The van der Waals surface area contributed by atoms with Crippen molar-refractivity contribution in [3.8, 4) is 11.3 Å². The van der Waals surface area contributed by atoms with Crippen molar-refractivity contribution in [3.63, 3.8) is 0 Å². The van der Waals surface area contributed by atoms with Gasteiger partial charge in [0.05, 0.1) is 35.2 Å². The second-order valence-corrected chi connectivity index (χ2v) is 23.3. The quantitative estimate of drug-likeness (QED) is 0.212. The zero-order valence-corrected chi connectivity index (χ0v) is 38.2. The number of amides is 1. The van der Waals surface area contributed by atoms with Gasteiger partial charge in [0, 0.05) is 12.0 Å². The molecule has 13 atom stereocenters. The van der Waals surface area contributed by atoms with Gasteiger partial charge in [-0.1, -0.05) is 90.4 Å². The first kappa shape index (κ1) is 41.9. The number of carboxylic acids is 1. The number of hydrogen-bond acceptors (Lipinski definition) is 5. The Morgan fingerprint density at radius 1 is 0.833 bits per heavy atom. The van der Waals surface area contributed by atoms with Crippen LogP contribution in [0.2, 0.25) is 0 Å². The molecule has 8 nitrogen and oxygen atoms in total. The normalized spacial score (nSPS) is 42.5. The predicted octanol–water partition coefficient (Wildman–Crippen LogP) is 11.4. The van der Waals surface area contributed by atoms with Crippen molar-refractivity contribution < 1.29 is 24.2 Å². The third kappa shape index (κ3) is 5.78. The van der Waals surface area contributed by atoms with Crippen LogP contribution in [0.25, 0.3) is 11.3 Å². The van der Waals surface area contributed by atoms with E-state index in [0.717, 1.165) is 94.3 Å². The molecule has 9 rings (SSSR count). The average molecular weight is 820 g/mol. The van der Waals surface area contributed by atoms with Crippen LogP contribution >= 0.6 is 0 Å². The molecule has 7 fully saturated rings. The van der Waals surface area contributed by atoms with E-state index in [1.54, 1.807) is 0 Å². The summed E-state index contributed by atoms with van der Waals surface area (Å²) in [5.74, 6) is 1.53. The first-order valence-corrected chi connectivity index (χ1v) is 23.7. The molecule has 326 valence electrons. The Labute approximate surface area is 359 Å². The number of likely N-dealkylation sites (tertiary alicyclic amines) is 1. The SMILES string of the molecule is C=C(C)[C@@H]1CC[C@]2(C(=O)N3CCCC3c3ncc(-c4ccc(C)cc4)[nH]3)CC[C@]3(C)[C@H](CCC4[C@@]5(C)CC[C@H](OC(=O)[C@H]6C[C@@H](C(=O)O)C6(C)C)C(C)(C)C5CC[C@]43C)C12. The van der Waals surface area contributed by atoms with E-state index in [0.29, 0.717) is 41.9 Å². The van der Waals surface area contributed by atoms with Gasteiger partial charge in [-0.3, -0.25) is 14.4 Å². The van der Waals surface area contributed by atoms with E-state index in [9.17, 15) is 14.7 Å². The van der Waals surface area contributed by atoms with Gasteiger partial charge in [0.1, 0.15) is 11.9 Å². The van der Waals surface area contributed by atoms with E-state index in [4.69, 9.17) is 9.72 Å². The third-order valence-corrected chi connectivity index (χ3v) is 20.3. The Kier molecular flexibility index (Phi) is 9.81. The van der Waals surface area contributed by atoms with Crippen molar-refractivity contribution in [1.82, 2.24) is 14.9 Å². The van der Waals surface area contributed by atoms with Gasteiger partial charge in [-0.25, -0.2) is 4.98 Å². The molecule has 1 aliphatic heterocycles. The average Bonchev–Trinajstić information content (AvgIpc) is 3.95. The maximum Gasteiger partial charge on any atom is 0.309 e. The zero-order chi connectivity index (χ0) is 42.9. The second-order valence-electron chi connectivity index (χ2n) is 23.3. The Bertz CT molecular complexity index is 2070. The maximum absolute atomic E-state index is 15.6. The van der Waals surface area contributed by atoms with Gasteiger partial charge < -0.3 is 19.7 Å². The Balaban J connectivity index is 0.965. The molecule has 2 heterocycles. The number of nitrogens with one attached hydrogen (secondary N) is 1. The highest BCUT2D eigenvalue weighted by Gasteiger charge is 2.72. The van der Waals surface area contributed by atoms with Gasteiger partial charge in [0.15, 0.2) is 0 Å². The Hall–Kier alpha value is -3.42. The molecule has 2 aromatic rings. The second kappa shape index (κ2) is 14.0. The monoisotopic (exact) mass is 820 g/mol. The van der Waals surface area contributed by atoms with Crippen molar-refractivity contribution in [3.05, 3.63) is 54.0 Å². The van der Waals surface area contributed by atoms with Gasteiger partial charge in [0.25, 0.3) is 0 Å². The summed E-state index contributed by atoms with van der Waals surface area (Å²) in [5.41, 5.74) is 3.84. The summed E-state index contributed by atoms with van der Waals surface area (Å²) in [7, 11) is 0. The molecule has 0 radical (unpaired) electrons. The van der Waals surface area contributed by atoms with Crippen LogP contribution in [0.1, 0.15) is 156 Å². The van der Waals surface area contributed by atoms with Crippen LogP contribution in [-0.2, 0) is 19.1 Å². The van der Waals surface area contributed by atoms with Crippen LogP contribution in [-0.4, -0.2) is 50.5 Å². The van der Waals surface area contributed by atoms with Gasteiger partial charge in [-0.15, -0.1) is 0 Å². The lowest BCUT2D eigenvalue weighted by Gasteiger charge is -2.73. The van der Waals surface area contributed by atoms with Crippen molar-refractivity contribution >= 4 is 17.8 Å². The molecule has 6 saturated carbocycles. The van der Waals surface area contributed by atoms with Crippen LogP contribution in [0.15, 0.2) is 42.6 Å². The van der Waals surface area contributed by atoms with E-state index in [-0.39, 0.29) is 51.1 Å². The molecule has 1 saturated heterocycles. The molecule has 0 spiro atoms. The first-order valence-electron chi connectivity index (χ1n) is 23.7. The number of allylic oxidation sites excluding steroid dienone is 1. The highest BCUT2D eigenvalue weighted by atomic mass is 16.5. The number of aromatic amines is 1. The number of aromatic nitrogens is 2. The maximum atomic E-state index is 15.6. The number of carbonyl (C=O) groups is 3. The molecule has 7 aliphatic rings. The van der Waals surface area contributed by atoms with Crippen LogP contribution < -0.4 is 0 Å². The fourth-order valence-corrected chi connectivity index (χ4v) is 16.6. The molecule has 1 aromatic carbocycles. The van der Waals surface area contributed by atoms with E-state index in [1.165, 1.54) is 17.6 Å². The van der Waals surface area contributed by atoms with Crippen LogP contribution in [0.5, 0.6) is 0 Å². The molecule has 8 heteroatoms. The number of H-pyrrole nitrogens is 1. The minimum Gasteiger partial charge on any atom is -0.481 e. The lowest BCUT2D eigenvalue weighted by Crippen LogP contribution is -2.67. The molecule has 6 aliphatic carbocycles. The summed E-state index contributed by atoms with van der Waals surface area (Å²) >= 11 is 0. The lowest BCUT2D eigenvalue weighted by molar-refractivity contribution is -0.251. The number of aliphatic carboxylic acids is 1. The highest BCUT2D eigenvalue weighted by Crippen LogP contribution is 2.78. The van der Waals surface area contributed by atoms with E-state index < -0.39 is 17.3 Å². The number of benzene rings is 1. The summed E-state index contributed by atoms with van der Waals surface area (Å²) in [6, 6.07) is 8.54. The van der Waals surface area contributed by atoms with Crippen LogP contribution in [0, 0.1) is 80.8 Å². The van der Waals surface area contributed by atoms with Crippen molar-refractivity contribution in [2.45, 2.75) is 158 Å². The lowest BCUT2D eigenvalue weighted by atomic mass is 9.32. The Morgan fingerprint density at radius 2 is 1.57 bits per heavy atom. The van der Waals surface area contributed by atoms with E-state index in [2.05, 4.69) is 89.2 Å². The topological polar surface area (TPSA) is 113 Å². The molecule has 2 N–H and O–H groups in total. The summed E-state index contributed by atoms with van der Waals surface area (Å²) < 4.78 is 6.47. The molecular formula is C52H73N3O5. The number of ether oxygens (including phenoxy) is 1. The van der Waals surface area contributed by atoms with Gasteiger partial charge in [-0.05, 0) is 154 Å². The number of hydrogen-bond donors (Lipinski definition) is 2. The number of rotatable bonds is 7. The standard InChI is InChI=1S/C52H73N3O5/c1-30(2)33-19-24-52(46(59)55-27-11-12-38(55)43-53-29-37(54-43)32-15-13-31(3)14-16-32)26-25-50(9)34(42(33)52)17-18-40-49(8)22-21-41(48(6,7)39(49)20-23-51(40,50)10)60-45(58)36-28-35(44(56)57)47(36,4)5/h13-16,29,33-36,38-42H,1,11-12,17-28H2,2-10H3,(H,53,54)(H,56,57)/t33-,34+,35-,36+,38?,39?,40?,41-,42?,49-,50+,51+,52-/m0/s1. The summed E-state index contributed by atoms with van der Waals surface area (Å²) in [6.07, 6.45) is 14.7.